The molecule has 0 amide bonds. The van der Waals surface area contributed by atoms with Crippen LogP contribution in [-0.4, -0.2) is 28.3 Å². The molecular weight excluding hydrogens is 479 g/mol. The molecule has 1 aliphatic heterocycles. The maximum absolute atomic E-state index is 6.28. The lowest BCUT2D eigenvalue weighted by molar-refractivity contribution is 0.00578. The van der Waals surface area contributed by atoms with Crippen molar-refractivity contribution in [3.05, 3.63) is 115 Å². The molecule has 0 atom stereocenters. The summed E-state index contributed by atoms with van der Waals surface area (Å²) in [4.78, 5) is 10.6. The smallest absolute Gasteiger partial charge is 0.399 e. The van der Waals surface area contributed by atoms with Crippen LogP contribution in [0.5, 0.6) is 0 Å². The van der Waals surface area contributed by atoms with Crippen LogP contribution in [0.25, 0.3) is 45.0 Å². The van der Waals surface area contributed by atoms with Crippen molar-refractivity contribution in [2.45, 2.75) is 38.9 Å². The Balaban J connectivity index is 1.51. The molecule has 2 heterocycles. The molecule has 0 aliphatic carbocycles. The highest BCUT2D eigenvalue weighted by molar-refractivity contribution is 6.62. The normalized spacial score (nSPS) is 15.8. The maximum Gasteiger partial charge on any atom is 0.494 e. The largest absolute Gasteiger partial charge is 0.494 e. The first-order valence-corrected chi connectivity index (χ1v) is 13.4. The van der Waals surface area contributed by atoms with E-state index in [9.17, 15) is 0 Å². The molecule has 39 heavy (non-hydrogen) atoms. The van der Waals surface area contributed by atoms with Gasteiger partial charge < -0.3 is 9.31 Å². The molecule has 4 nitrogen and oxygen atoms in total. The Morgan fingerprint density at radius 2 is 0.744 bits per heavy atom. The fourth-order valence-electron chi connectivity index (χ4n) is 4.81. The fourth-order valence-corrected chi connectivity index (χ4v) is 4.81. The molecular formula is C34H31BN2O2. The van der Waals surface area contributed by atoms with Gasteiger partial charge in [0.15, 0.2) is 0 Å². The van der Waals surface area contributed by atoms with E-state index in [0.717, 1.165) is 50.5 Å². The summed E-state index contributed by atoms with van der Waals surface area (Å²) in [5.74, 6) is 0. The zero-order valence-electron chi connectivity index (χ0n) is 22.8. The van der Waals surface area contributed by atoms with Gasteiger partial charge in [-0.2, -0.15) is 0 Å². The maximum atomic E-state index is 6.28. The van der Waals surface area contributed by atoms with Gasteiger partial charge in [-0.25, -0.2) is 9.97 Å². The Morgan fingerprint density at radius 3 is 1.08 bits per heavy atom. The highest BCUT2D eigenvalue weighted by atomic mass is 16.7. The van der Waals surface area contributed by atoms with Gasteiger partial charge in [0.2, 0.25) is 0 Å². The van der Waals surface area contributed by atoms with Crippen molar-refractivity contribution in [3.8, 4) is 45.0 Å². The molecule has 0 spiro atoms. The molecule has 4 aromatic carbocycles. The predicted molar refractivity (Wildman–Crippen MR) is 159 cm³/mol. The van der Waals surface area contributed by atoms with Crippen LogP contribution in [0, 0.1) is 0 Å². The lowest BCUT2D eigenvalue weighted by atomic mass is 9.78. The number of aromatic nitrogens is 2. The highest BCUT2D eigenvalue weighted by Crippen LogP contribution is 2.38. The Morgan fingerprint density at radius 1 is 0.436 bits per heavy atom. The molecule has 1 fully saturated rings. The third kappa shape index (κ3) is 4.80. The van der Waals surface area contributed by atoms with E-state index in [1.54, 1.807) is 0 Å². The lowest BCUT2D eigenvalue weighted by Crippen LogP contribution is -2.41. The van der Waals surface area contributed by atoms with Crippen molar-refractivity contribution in [1.29, 1.82) is 0 Å². The molecule has 192 valence electrons. The van der Waals surface area contributed by atoms with Crippen molar-refractivity contribution < 1.29 is 9.31 Å². The molecule has 1 saturated heterocycles. The zero-order chi connectivity index (χ0) is 27.0. The van der Waals surface area contributed by atoms with Gasteiger partial charge in [0.1, 0.15) is 0 Å². The van der Waals surface area contributed by atoms with Crippen LogP contribution < -0.4 is 5.46 Å². The van der Waals surface area contributed by atoms with Crippen LogP contribution in [0.3, 0.4) is 0 Å². The minimum absolute atomic E-state index is 0.389. The average molecular weight is 510 g/mol. The van der Waals surface area contributed by atoms with E-state index in [2.05, 4.69) is 88.4 Å². The van der Waals surface area contributed by atoms with Crippen LogP contribution in [0.1, 0.15) is 27.7 Å². The first-order chi connectivity index (χ1) is 18.8. The van der Waals surface area contributed by atoms with Crippen molar-refractivity contribution in [3.63, 3.8) is 0 Å². The Labute approximate surface area is 230 Å². The first-order valence-electron chi connectivity index (χ1n) is 13.4. The summed E-state index contributed by atoms with van der Waals surface area (Å²) >= 11 is 0. The topological polar surface area (TPSA) is 44.2 Å². The summed E-state index contributed by atoms with van der Waals surface area (Å²) in [6, 6.07) is 39.1. The molecule has 0 saturated carbocycles. The summed E-state index contributed by atoms with van der Waals surface area (Å²) in [6.45, 7) is 8.29. The quantitative estimate of drug-likeness (QED) is 0.231. The molecule has 0 N–H and O–H groups in total. The molecule has 1 aromatic heterocycles. The standard InChI is InChI=1S/C34H31BN2O2/c1-33(2)34(3,4)39-35(38-33)28-22-20-27(21-23-28)32-31(26-18-12-7-13-19-26)36-29(24-14-8-5-9-15-24)30(37-32)25-16-10-6-11-17-25/h5-23H,1-4H3. The summed E-state index contributed by atoms with van der Waals surface area (Å²) in [5.41, 5.74) is 7.66. The number of benzene rings is 4. The first kappa shape index (κ1) is 25.2. The Hall–Kier alpha value is -4.06. The van der Waals surface area contributed by atoms with Gasteiger partial charge in [-0.3, -0.25) is 0 Å². The van der Waals surface area contributed by atoms with Crippen LogP contribution >= 0.6 is 0 Å². The second-order valence-corrected chi connectivity index (χ2v) is 10.9. The van der Waals surface area contributed by atoms with Gasteiger partial charge in [-0.15, -0.1) is 0 Å². The zero-order valence-corrected chi connectivity index (χ0v) is 22.8. The minimum atomic E-state index is -0.413. The Bertz CT molecular complexity index is 1570. The summed E-state index contributed by atoms with van der Waals surface area (Å²) < 4.78 is 12.6. The van der Waals surface area contributed by atoms with E-state index in [1.807, 2.05) is 54.6 Å². The van der Waals surface area contributed by atoms with E-state index in [1.165, 1.54) is 0 Å². The van der Waals surface area contributed by atoms with Crippen molar-refractivity contribution in [1.82, 2.24) is 9.97 Å². The third-order valence-electron chi connectivity index (χ3n) is 7.75. The number of rotatable bonds is 5. The van der Waals surface area contributed by atoms with Crippen molar-refractivity contribution in [2.75, 3.05) is 0 Å². The average Bonchev–Trinajstić information content (AvgIpc) is 3.20. The second kappa shape index (κ2) is 9.92. The van der Waals surface area contributed by atoms with Gasteiger partial charge in [0.25, 0.3) is 0 Å². The van der Waals surface area contributed by atoms with Gasteiger partial charge in [0.05, 0.1) is 34.0 Å². The Kier molecular flexibility index (Phi) is 6.42. The van der Waals surface area contributed by atoms with Crippen molar-refractivity contribution >= 4 is 12.6 Å². The molecule has 0 radical (unpaired) electrons. The number of nitrogens with zero attached hydrogens (tertiary/aromatic N) is 2. The number of hydrogen-bond donors (Lipinski definition) is 0. The summed E-state index contributed by atoms with van der Waals surface area (Å²) in [6.07, 6.45) is 0. The van der Waals surface area contributed by atoms with Crippen molar-refractivity contribution in [2.24, 2.45) is 0 Å². The van der Waals surface area contributed by atoms with E-state index in [0.29, 0.717) is 0 Å². The van der Waals surface area contributed by atoms with Crippen LogP contribution in [0.15, 0.2) is 115 Å². The summed E-state index contributed by atoms with van der Waals surface area (Å²) in [7, 11) is -0.413. The number of hydrogen-bond acceptors (Lipinski definition) is 4. The van der Waals surface area contributed by atoms with Gasteiger partial charge in [-0.05, 0) is 33.2 Å². The van der Waals surface area contributed by atoms with Gasteiger partial charge in [-0.1, -0.05) is 115 Å². The SMILES string of the molecule is CC1(C)OB(c2ccc(-c3nc(-c4ccccc4)c(-c4ccccc4)nc3-c3ccccc3)cc2)OC1(C)C. The summed E-state index contributed by atoms with van der Waals surface area (Å²) in [5, 5.41) is 0. The van der Waals surface area contributed by atoms with E-state index in [-0.39, 0.29) is 11.2 Å². The molecule has 0 bridgehead atoms. The van der Waals surface area contributed by atoms with Crippen LogP contribution in [0.4, 0.5) is 0 Å². The van der Waals surface area contributed by atoms with Gasteiger partial charge >= 0.3 is 7.12 Å². The molecule has 5 aromatic rings. The fraction of sp³-hybridized carbons (Fsp3) is 0.176. The second-order valence-electron chi connectivity index (χ2n) is 10.9. The van der Waals surface area contributed by atoms with Crippen LogP contribution in [0.2, 0.25) is 0 Å². The molecule has 6 rings (SSSR count). The third-order valence-corrected chi connectivity index (χ3v) is 7.75. The van der Waals surface area contributed by atoms with E-state index >= 15 is 0 Å². The van der Waals surface area contributed by atoms with Gasteiger partial charge in [0, 0.05) is 22.3 Å². The molecule has 5 heteroatoms. The lowest BCUT2D eigenvalue weighted by Gasteiger charge is -2.32. The monoisotopic (exact) mass is 510 g/mol. The minimum Gasteiger partial charge on any atom is -0.399 e. The predicted octanol–water partition coefficient (Wildman–Crippen LogP) is 7.44. The van der Waals surface area contributed by atoms with E-state index in [4.69, 9.17) is 19.3 Å². The van der Waals surface area contributed by atoms with E-state index < -0.39 is 7.12 Å². The highest BCUT2D eigenvalue weighted by Gasteiger charge is 2.51. The molecule has 0 unspecified atom stereocenters. The van der Waals surface area contributed by atoms with Crippen LogP contribution in [-0.2, 0) is 9.31 Å². The molecule has 1 aliphatic rings.